The number of benzene rings is 1. The van der Waals surface area contributed by atoms with E-state index in [9.17, 15) is 22.0 Å². The maximum atomic E-state index is 13.0. The Morgan fingerprint density at radius 3 is 2.65 bits per heavy atom. The Morgan fingerprint density at radius 2 is 1.92 bits per heavy atom. The zero-order chi connectivity index (χ0) is 18.9. The lowest BCUT2D eigenvalue weighted by Gasteiger charge is -2.05. The molecule has 0 aliphatic carbocycles. The summed E-state index contributed by atoms with van der Waals surface area (Å²) >= 11 is 1.21. The second kappa shape index (κ2) is 6.82. The molecule has 1 aliphatic heterocycles. The summed E-state index contributed by atoms with van der Waals surface area (Å²) in [6, 6.07) is 7.29. The average molecular weight is 404 g/mol. The number of alkyl halides is 2. The van der Waals surface area contributed by atoms with Crippen molar-refractivity contribution < 1.29 is 31.5 Å². The van der Waals surface area contributed by atoms with Crippen molar-refractivity contribution in [3.63, 3.8) is 0 Å². The zero-order valence-electron chi connectivity index (χ0n) is 13.4. The first-order valence-corrected chi connectivity index (χ1v) is 10.1. The summed E-state index contributed by atoms with van der Waals surface area (Å²) in [5, 5.41) is 2.59. The normalized spacial score (nSPS) is 15.0. The van der Waals surface area contributed by atoms with Crippen LogP contribution in [-0.4, -0.2) is 33.4 Å². The first-order valence-electron chi connectivity index (χ1n) is 7.36. The molecule has 0 atom stereocenters. The molecule has 1 aromatic carbocycles. The number of rotatable bonds is 6. The van der Waals surface area contributed by atoms with Crippen molar-refractivity contribution in [1.29, 1.82) is 0 Å². The molecule has 0 bridgehead atoms. The molecular formula is C15H14F2N2O5S2. The predicted molar refractivity (Wildman–Crippen MR) is 91.5 cm³/mol. The quantitative estimate of drug-likeness (QED) is 0.771. The van der Waals surface area contributed by atoms with Crippen LogP contribution in [0.5, 0.6) is 11.5 Å². The largest absolute Gasteiger partial charge is 0.586 e. The van der Waals surface area contributed by atoms with Crippen molar-refractivity contribution >= 4 is 33.0 Å². The van der Waals surface area contributed by atoms with Crippen LogP contribution in [0.3, 0.4) is 0 Å². The zero-order valence-corrected chi connectivity index (χ0v) is 15.0. The highest BCUT2D eigenvalue weighted by atomic mass is 32.2. The van der Waals surface area contributed by atoms with Crippen molar-refractivity contribution in [2.45, 2.75) is 12.7 Å². The molecule has 0 unspecified atom stereocenters. The molecule has 2 aromatic rings. The molecule has 0 radical (unpaired) electrons. The number of ether oxygens (including phenoxy) is 2. The van der Waals surface area contributed by atoms with E-state index in [0.717, 1.165) is 11.1 Å². The van der Waals surface area contributed by atoms with Gasteiger partial charge in [0.2, 0.25) is 10.0 Å². The van der Waals surface area contributed by atoms with Gasteiger partial charge in [0, 0.05) is 23.2 Å². The Bertz CT molecular complexity index is 943. The van der Waals surface area contributed by atoms with Gasteiger partial charge >= 0.3 is 6.29 Å². The van der Waals surface area contributed by atoms with Crippen LogP contribution in [0, 0.1) is 0 Å². The molecule has 2 N–H and O–H groups in total. The van der Waals surface area contributed by atoms with Crippen LogP contribution in [0.4, 0.5) is 14.5 Å². The summed E-state index contributed by atoms with van der Waals surface area (Å²) in [6.07, 6.45) is -2.20. The van der Waals surface area contributed by atoms with Crippen LogP contribution in [0.15, 0.2) is 30.3 Å². The molecular weight excluding hydrogens is 390 g/mol. The molecule has 26 heavy (non-hydrogen) atoms. The van der Waals surface area contributed by atoms with Gasteiger partial charge in [-0.1, -0.05) is 0 Å². The van der Waals surface area contributed by atoms with Crippen molar-refractivity contribution in [3.8, 4) is 11.5 Å². The standard InChI is InChI=1S/C15H14F2N2O5S2/c1-26(21,22)18-7-6-10-3-5-13(25-10)14(20)19-9-2-4-11-12(8-9)24-15(16,17)23-11/h2-5,8,18H,6-7H2,1H3,(H,19,20). The van der Waals surface area contributed by atoms with Crippen LogP contribution < -0.4 is 19.5 Å². The number of sulfonamides is 1. The number of fused-ring (bicyclic) bond motifs is 1. The highest BCUT2D eigenvalue weighted by Gasteiger charge is 2.43. The topological polar surface area (TPSA) is 93.7 Å². The summed E-state index contributed by atoms with van der Waals surface area (Å²) in [7, 11) is -3.26. The van der Waals surface area contributed by atoms with E-state index in [1.807, 2.05) is 0 Å². The molecule has 1 amide bonds. The number of carbonyl (C=O) groups excluding carboxylic acids is 1. The lowest BCUT2D eigenvalue weighted by molar-refractivity contribution is -0.286. The van der Waals surface area contributed by atoms with Crippen LogP contribution in [0.1, 0.15) is 14.5 Å². The van der Waals surface area contributed by atoms with Crippen LogP contribution in [-0.2, 0) is 16.4 Å². The van der Waals surface area contributed by atoms with Gasteiger partial charge in [-0.3, -0.25) is 4.79 Å². The fourth-order valence-electron chi connectivity index (χ4n) is 2.21. The molecule has 0 spiro atoms. The third-order valence-electron chi connectivity index (χ3n) is 3.28. The van der Waals surface area contributed by atoms with Crippen molar-refractivity contribution in [3.05, 3.63) is 40.1 Å². The van der Waals surface area contributed by atoms with Gasteiger partial charge in [-0.2, -0.15) is 0 Å². The molecule has 0 fully saturated rings. The Kier molecular flexibility index (Phi) is 4.86. The first-order chi connectivity index (χ1) is 12.1. The molecule has 0 saturated carbocycles. The number of carbonyl (C=O) groups is 1. The van der Waals surface area contributed by atoms with Gasteiger partial charge in [0.15, 0.2) is 11.5 Å². The highest BCUT2D eigenvalue weighted by molar-refractivity contribution is 7.88. The fourth-order valence-corrected chi connectivity index (χ4v) is 3.59. The summed E-state index contributed by atoms with van der Waals surface area (Å²) in [4.78, 5) is 13.5. The third-order valence-corrected chi connectivity index (χ3v) is 5.15. The molecule has 1 aliphatic rings. The van der Waals surface area contributed by atoms with Crippen molar-refractivity contribution in [2.24, 2.45) is 0 Å². The predicted octanol–water partition coefficient (Wildman–Crippen LogP) is 2.41. The summed E-state index contributed by atoms with van der Waals surface area (Å²) in [5.74, 6) is -0.681. The maximum Gasteiger partial charge on any atom is 0.586 e. The average Bonchev–Trinajstić information content (AvgIpc) is 3.08. The summed E-state index contributed by atoms with van der Waals surface area (Å²) < 4.78 is 59.0. The lowest BCUT2D eigenvalue weighted by Crippen LogP contribution is -2.25. The monoisotopic (exact) mass is 404 g/mol. The molecule has 1 aromatic heterocycles. The van der Waals surface area contributed by atoms with Crippen molar-refractivity contribution in [2.75, 3.05) is 18.1 Å². The van der Waals surface area contributed by atoms with E-state index in [-0.39, 0.29) is 23.7 Å². The minimum atomic E-state index is -3.71. The SMILES string of the molecule is CS(=O)(=O)NCCc1ccc(C(=O)Nc2ccc3c(c2)OC(F)(F)O3)s1. The third kappa shape index (κ3) is 4.68. The molecule has 0 saturated heterocycles. The molecule has 3 rings (SSSR count). The van der Waals surface area contributed by atoms with E-state index in [2.05, 4.69) is 19.5 Å². The van der Waals surface area contributed by atoms with E-state index in [0.29, 0.717) is 11.3 Å². The molecule has 7 nitrogen and oxygen atoms in total. The van der Waals surface area contributed by atoms with Gasteiger partial charge in [-0.25, -0.2) is 13.1 Å². The number of hydrogen-bond acceptors (Lipinski definition) is 6. The maximum absolute atomic E-state index is 13.0. The summed E-state index contributed by atoms with van der Waals surface area (Å²) in [6.45, 7) is 0.233. The number of hydrogen-bond donors (Lipinski definition) is 2. The van der Waals surface area contributed by atoms with Gasteiger partial charge in [-0.15, -0.1) is 20.1 Å². The molecule has 2 heterocycles. The van der Waals surface area contributed by atoms with Crippen LogP contribution >= 0.6 is 11.3 Å². The second-order valence-electron chi connectivity index (χ2n) is 5.47. The molecule has 11 heteroatoms. The minimum absolute atomic E-state index is 0.107. The van der Waals surface area contributed by atoms with Crippen LogP contribution in [0.2, 0.25) is 0 Å². The summed E-state index contributed by atoms with van der Waals surface area (Å²) in [5.41, 5.74) is 0.281. The van der Waals surface area contributed by atoms with E-state index in [1.54, 1.807) is 12.1 Å². The van der Waals surface area contributed by atoms with Crippen molar-refractivity contribution in [1.82, 2.24) is 4.72 Å². The number of nitrogens with one attached hydrogen (secondary N) is 2. The highest BCUT2D eigenvalue weighted by Crippen LogP contribution is 2.42. The van der Waals surface area contributed by atoms with Gasteiger partial charge < -0.3 is 14.8 Å². The smallest absolute Gasteiger partial charge is 0.395 e. The van der Waals surface area contributed by atoms with Crippen LogP contribution in [0.25, 0.3) is 0 Å². The molecule has 140 valence electrons. The Hall–Kier alpha value is -2.24. The van der Waals surface area contributed by atoms with E-state index < -0.39 is 22.2 Å². The number of thiophene rings is 1. The first kappa shape index (κ1) is 18.5. The minimum Gasteiger partial charge on any atom is -0.395 e. The van der Waals surface area contributed by atoms with Gasteiger partial charge in [0.05, 0.1) is 11.1 Å². The van der Waals surface area contributed by atoms with E-state index >= 15 is 0 Å². The van der Waals surface area contributed by atoms with E-state index in [1.165, 1.54) is 29.5 Å². The van der Waals surface area contributed by atoms with Gasteiger partial charge in [0.1, 0.15) is 0 Å². The fraction of sp³-hybridized carbons (Fsp3) is 0.267. The second-order valence-corrected chi connectivity index (χ2v) is 8.47. The Balaban J connectivity index is 1.61. The number of halogens is 2. The number of amides is 1. The number of anilines is 1. The Morgan fingerprint density at radius 1 is 1.19 bits per heavy atom. The van der Waals surface area contributed by atoms with Gasteiger partial charge in [0.25, 0.3) is 5.91 Å². The van der Waals surface area contributed by atoms with Gasteiger partial charge in [-0.05, 0) is 30.7 Å². The Labute approximate surface area is 152 Å². The van der Waals surface area contributed by atoms with E-state index in [4.69, 9.17) is 0 Å². The lowest BCUT2D eigenvalue weighted by atomic mass is 10.2.